The van der Waals surface area contributed by atoms with E-state index >= 15 is 0 Å². The van der Waals surface area contributed by atoms with Crippen LogP contribution in [0.1, 0.15) is 5.56 Å². The second-order valence-electron chi connectivity index (χ2n) is 4.42. The molecule has 2 rings (SSSR count). The number of rotatable bonds is 4. The van der Waals surface area contributed by atoms with Gasteiger partial charge in [0, 0.05) is 18.3 Å². The number of benzene rings is 2. The Bertz CT molecular complexity index is 687. The van der Waals surface area contributed by atoms with E-state index in [4.69, 9.17) is 0 Å². The Labute approximate surface area is 127 Å². The van der Waals surface area contributed by atoms with Crippen LogP contribution in [0.5, 0.6) is 0 Å². The van der Waals surface area contributed by atoms with Crippen molar-refractivity contribution in [1.29, 1.82) is 0 Å². The molecule has 118 valence electrons. The summed E-state index contributed by atoms with van der Waals surface area (Å²) < 4.78 is 61.2. The third kappa shape index (κ3) is 3.77. The van der Waals surface area contributed by atoms with Crippen LogP contribution in [-0.4, -0.2) is 15.8 Å². The Kier molecular flexibility index (Phi) is 4.72. The van der Waals surface area contributed by atoms with Gasteiger partial charge in [0.1, 0.15) is 0 Å². The van der Waals surface area contributed by atoms with E-state index in [0.29, 0.717) is 22.5 Å². The van der Waals surface area contributed by atoms with E-state index in [1.165, 1.54) is 18.2 Å². The zero-order chi connectivity index (χ0) is 16.3. The number of anilines is 2. The molecule has 2 aromatic rings. The van der Waals surface area contributed by atoms with Crippen LogP contribution in [0.3, 0.4) is 0 Å². The predicted molar refractivity (Wildman–Crippen MR) is 79.0 cm³/mol. The van der Waals surface area contributed by atoms with Crippen molar-refractivity contribution >= 4 is 22.6 Å². The minimum atomic E-state index is -4.37. The summed E-state index contributed by atoms with van der Waals surface area (Å²) in [5.74, 6) is 0. The van der Waals surface area contributed by atoms with Gasteiger partial charge in [-0.1, -0.05) is 18.2 Å². The zero-order valence-corrected chi connectivity index (χ0v) is 12.2. The van der Waals surface area contributed by atoms with Crippen LogP contribution >= 0.6 is 0 Å². The average molecular weight is 329 g/mol. The molecule has 8 heteroatoms. The lowest BCUT2D eigenvalue weighted by atomic mass is 10.0. The number of halogens is 3. The van der Waals surface area contributed by atoms with Gasteiger partial charge in [0.2, 0.25) is 0 Å². The van der Waals surface area contributed by atoms with Crippen LogP contribution < -0.4 is 10.0 Å². The van der Waals surface area contributed by atoms with Crippen molar-refractivity contribution in [3.8, 4) is 11.1 Å². The number of alkyl halides is 3. The van der Waals surface area contributed by atoms with Crippen molar-refractivity contribution in [2.75, 3.05) is 17.1 Å². The molecule has 0 radical (unpaired) electrons. The summed E-state index contributed by atoms with van der Waals surface area (Å²) in [6, 6.07) is 9.57. The molecule has 2 N–H and O–H groups in total. The molecule has 0 bridgehead atoms. The Morgan fingerprint density at radius 3 is 2.09 bits per heavy atom. The normalized spacial score (nSPS) is 12.8. The lowest BCUT2D eigenvalue weighted by Gasteiger charge is -2.15. The molecule has 22 heavy (non-hydrogen) atoms. The Balaban J connectivity index is 2.35. The molecule has 0 saturated carbocycles. The summed E-state index contributed by atoms with van der Waals surface area (Å²) in [7, 11) is 1.62. The molecular weight excluding hydrogens is 317 g/mol. The van der Waals surface area contributed by atoms with Gasteiger partial charge in [0.05, 0.1) is 16.9 Å². The van der Waals surface area contributed by atoms with Crippen molar-refractivity contribution in [1.82, 2.24) is 0 Å². The lowest BCUT2D eigenvalue weighted by molar-refractivity contribution is -0.137. The highest BCUT2D eigenvalue weighted by atomic mass is 32.2. The fraction of sp³-hybridized carbons (Fsp3) is 0.143. The van der Waals surface area contributed by atoms with Gasteiger partial charge < -0.3 is 14.6 Å². The summed E-state index contributed by atoms with van der Waals surface area (Å²) >= 11 is -2.46. The Hall–Kier alpha value is -2.06. The van der Waals surface area contributed by atoms with Crippen LogP contribution in [0.15, 0.2) is 42.5 Å². The smallest absolute Gasteiger partial charge is 0.416 e. The second kappa shape index (κ2) is 6.37. The molecule has 0 spiro atoms. The number of hydrogen-bond acceptors (Lipinski definition) is 3. The molecule has 0 aromatic heterocycles. The first-order valence-corrected chi connectivity index (χ1v) is 7.24. The number of nitrogens with one attached hydrogen (secondary N) is 2. The molecule has 0 fully saturated rings. The van der Waals surface area contributed by atoms with Crippen LogP contribution in [-0.2, 0) is 17.4 Å². The Morgan fingerprint density at radius 2 is 1.59 bits per heavy atom. The topological polar surface area (TPSA) is 64.2 Å². The van der Waals surface area contributed by atoms with E-state index in [1.807, 2.05) is 0 Å². The lowest BCUT2D eigenvalue weighted by Crippen LogP contribution is -2.05. The van der Waals surface area contributed by atoms with Crippen LogP contribution in [0.2, 0.25) is 0 Å². The molecule has 0 aliphatic heterocycles. The average Bonchev–Trinajstić information content (AvgIpc) is 2.46. The van der Waals surface area contributed by atoms with Crippen molar-refractivity contribution in [2.24, 2.45) is 0 Å². The van der Waals surface area contributed by atoms with Crippen molar-refractivity contribution in [2.45, 2.75) is 6.18 Å². The first-order valence-electron chi connectivity index (χ1n) is 6.16. The van der Waals surface area contributed by atoms with E-state index in [-0.39, 0.29) is 0 Å². The largest absolute Gasteiger partial charge is 0.755 e. The molecule has 0 saturated heterocycles. The first kappa shape index (κ1) is 16.3. The van der Waals surface area contributed by atoms with Gasteiger partial charge in [-0.25, -0.2) is 0 Å². The molecule has 0 aliphatic rings. The van der Waals surface area contributed by atoms with Gasteiger partial charge in [-0.3, -0.25) is 4.21 Å². The molecule has 1 atom stereocenters. The standard InChI is InChI=1S/C14H13F3N2O2S/c1-18-13-8-10(4-7-12(13)19-22(20)21)9-2-5-11(6-3-9)14(15,16)17/h2-8,18-19H,1H3,(H,20,21)/p-1. The highest BCUT2D eigenvalue weighted by Crippen LogP contribution is 2.33. The summed E-state index contributed by atoms with van der Waals surface area (Å²) in [5.41, 5.74) is 1.41. The fourth-order valence-corrected chi connectivity index (χ4v) is 2.32. The van der Waals surface area contributed by atoms with Crippen LogP contribution in [0.25, 0.3) is 11.1 Å². The van der Waals surface area contributed by atoms with Gasteiger partial charge >= 0.3 is 6.18 Å². The van der Waals surface area contributed by atoms with E-state index in [1.54, 1.807) is 19.2 Å². The molecule has 0 aliphatic carbocycles. The maximum absolute atomic E-state index is 12.5. The van der Waals surface area contributed by atoms with E-state index in [2.05, 4.69) is 10.0 Å². The molecule has 4 nitrogen and oxygen atoms in total. The van der Waals surface area contributed by atoms with Gasteiger partial charge in [-0.15, -0.1) is 0 Å². The van der Waals surface area contributed by atoms with E-state index in [0.717, 1.165) is 12.1 Å². The highest BCUT2D eigenvalue weighted by Gasteiger charge is 2.29. The monoisotopic (exact) mass is 329 g/mol. The summed E-state index contributed by atoms with van der Waals surface area (Å²) in [4.78, 5) is 0. The highest BCUT2D eigenvalue weighted by molar-refractivity contribution is 7.80. The minimum absolute atomic E-state index is 0.353. The quantitative estimate of drug-likeness (QED) is 0.842. The van der Waals surface area contributed by atoms with Crippen molar-refractivity contribution in [3.05, 3.63) is 48.0 Å². The maximum atomic E-state index is 12.5. The molecule has 0 amide bonds. The second-order valence-corrected chi connectivity index (χ2v) is 5.10. The minimum Gasteiger partial charge on any atom is -0.755 e. The molecule has 2 aromatic carbocycles. The fourth-order valence-electron chi connectivity index (χ4n) is 1.96. The third-order valence-corrected chi connectivity index (χ3v) is 3.41. The van der Waals surface area contributed by atoms with Crippen LogP contribution in [0, 0.1) is 0 Å². The molecule has 1 unspecified atom stereocenters. The number of hydrogen-bond donors (Lipinski definition) is 2. The predicted octanol–water partition coefficient (Wildman–Crippen LogP) is 3.62. The summed E-state index contributed by atoms with van der Waals surface area (Å²) in [6.45, 7) is 0. The first-order chi connectivity index (χ1) is 10.3. The molecular formula is C14H12F3N2O2S-. The summed E-state index contributed by atoms with van der Waals surface area (Å²) in [6.07, 6.45) is -4.37. The van der Waals surface area contributed by atoms with Crippen LogP contribution in [0.4, 0.5) is 24.5 Å². The zero-order valence-electron chi connectivity index (χ0n) is 11.4. The van der Waals surface area contributed by atoms with Gasteiger partial charge in [-0.2, -0.15) is 13.2 Å². The Morgan fingerprint density at radius 1 is 1.00 bits per heavy atom. The summed E-state index contributed by atoms with van der Waals surface area (Å²) in [5, 5.41) is 2.83. The van der Waals surface area contributed by atoms with Gasteiger partial charge in [0.25, 0.3) is 0 Å². The van der Waals surface area contributed by atoms with E-state index in [9.17, 15) is 21.9 Å². The van der Waals surface area contributed by atoms with Crippen molar-refractivity contribution < 1.29 is 21.9 Å². The SMILES string of the molecule is CNc1cc(-c2ccc(C(F)(F)F)cc2)ccc1NS(=O)[O-]. The van der Waals surface area contributed by atoms with Gasteiger partial charge in [0.15, 0.2) is 0 Å². The third-order valence-electron chi connectivity index (χ3n) is 3.03. The van der Waals surface area contributed by atoms with Crippen molar-refractivity contribution in [3.63, 3.8) is 0 Å². The van der Waals surface area contributed by atoms with Gasteiger partial charge in [-0.05, 0) is 35.4 Å². The molecule has 0 heterocycles. The van der Waals surface area contributed by atoms with E-state index < -0.39 is 23.0 Å². The maximum Gasteiger partial charge on any atom is 0.416 e.